The molecule has 1 aromatic carbocycles. The summed E-state index contributed by atoms with van der Waals surface area (Å²) in [5.41, 5.74) is 1.81. The monoisotopic (exact) mass is 317 g/mol. The Balaban J connectivity index is 1.81. The number of nitrogens with one attached hydrogen (secondary N) is 1. The van der Waals surface area contributed by atoms with Crippen molar-refractivity contribution in [2.24, 2.45) is 0 Å². The lowest BCUT2D eigenvalue weighted by Crippen LogP contribution is -2.45. The highest BCUT2D eigenvalue weighted by atomic mass is 16.2. The molecule has 1 atom stereocenters. The fraction of sp³-hybridized carbons (Fsp3) is 0.556. The zero-order valence-corrected chi connectivity index (χ0v) is 14.3. The van der Waals surface area contributed by atoms with Crippen LogP contribution in [0.15, 0.2) is 24.3 Å². The van der Waals surface area contributed by atoms with Gasteiger partial charge in [0.1, 0.15) is 6.42 Å². The largest absolute Gasteiger partial charge is 0.344 e. The number of carbonyl (C=O) groups excluding carboxylic acids is 2. The van der Waals surface area contributed by atoms with Crippen molar-refractivity contribution in [3.05, 3.63) is 29.8 Å². The van der Waals surface area contributed by atoms with E-state index in [9.17, 15) is 9.59 Å². The number of hydrogen-bond acceptors (Lipinski definition) is 3. The van der Waals surface area contributed by atoms with Gasteiger partial charge < -0.3 is 15.1 Å². The Labute approximate surface area is 138 Å². The number of carbonyl (C=O) groups is 2. The van der Waals surface area contributed by atoms with Crippen molar-refractivity contribution in [3.8, 4) is 0 Å². The normalized spacial score (nSPS) is 18.5. The standard InChI is InChI=1S/C18H27N3O2/c1-14-7-6-8-15(11-14)19-17(22)12-18(23)21(3)13-16-9-4-5-10-20(16)2/h6-8,11,16H,4-5,9-10,12-13H2,1-3H3,(H,19,22). The molecule has 1 N–H and O–H groups in total. The van der Waals surface area contributed by atoms with Gasteiger partial charge in [0.25, 0.3) is 0 Å². The lowest BCUT2D eigenvalue weighted by molar-refractivity contribution is -0.134. The Morgan fingerprint density at radius 1 is 1.35 bits per heavy atom. The lowest BCUT2D eigenvalue weighted by Gasteiger charge is -2.35. The Hall–Kier alpha value is -1.88. The Bertz CT molecular complexity index is 559. The van der Waals surface area contributed by atoms with Gasteiger partial charge in [-0.3, -0.25) is 9.59 Å². The highest BCUT2D eigenvalue weighted by Gasteiger charge is 2.23. The number of rotatable bonds is 5. The van der Waals surface area contributed by atoms with Gasteiger partial charge in [0, 0.05) is 25.3 Å². The van der Waals surface area contributed by atoms with Crippen LogP contribution in [0.2, 0.25) is 0 Å². The van der Waals surface area contributed by atoms with E-state index in [1.165, 1.54) is 12.8 Å². The second-order valence-electron chi connectivity index (χ2n) is 6.50. The molecule has 2 rings (SSSR count). The third-order valence-corrected chi connectivity index (χ3v) is 4.45. The SMILES string of the molecule is Cc1cccc(NC(=O)CC(=O)N(C)CC2CCCCN2C)c1. The molecule has 1 fully saturated rings. The number of amides is 2. The van der Waals surface area contributed by atoms with E-state index >= 15 is 0 Å². The van der Waals surface area contributed by atoms with E-state index < -0.39 is 0 Å². The third-order valence-electron chi connectivity index (χ3n) is 4.45. The molecule has 1 aliphatic rings. The average molecular weight is 317 g/mol. The van der Waals surface area contributed by atoms with Gasteiger partial charge in [-0.1, -0.05) is 18.6 Å². The molecule has 1 aromatic rings. The molecule has 23 heavy (non-hydrogen) atoms. The van der Waals surface area contributed by atoms with E-state index in [4.69, 9.17) is 0 Å². The summed E-state index contributed by atoms with van der Waals surface area (Å²) in [5, 5.41) is 2.78. The number of nitrogens with zero attached hydrogens (tertiary/aromatic N) is 2. The maximum atomic E-state index is 12.2. The average Bonchev–Trinajstić information content (AvgIpc) is 2.49. The van der Waals surface area contributed by atoms with Gasteiger partial charge in [0.2, 0.25) is 11.8 Å². The molecule has 0 aromatic heterocycles. The van der Waals surface area contributed by atoms with Crippen LogP contribution in [0.5, 0.6) is 0 Å². The molecule has 0 saturated carbocycles. The van der Waals surface area contributed by atoms with E-state index in [2.05, 4.69) is 17.3 Å². The molecule has 2 amide bonds. The highest BCUT2D eigenvalue weighted by molar-refractivity contribution is 6.03. The molecule has 5 nitrogen and oxygen atoms in total. The predicted octanol–water partition coefficient (Wildman–Crippen LogP) is 2.27. The van der Waals surface area contributed by atoms with Crippen molar-refractivity contribution < 1.29 is 9.59 Å². The number of likely N-dealkylation sites (tertiary alicyclic amines) is 1. The maximum Gasteiger partial charge on any atom is 0.233 e. The predicted molar refractivity (Wildman–Crippen MR) is 92.3 cm³/mol. The molecule has 0 aliphatic carbocycles. The number of hydrogen-bond donors (Lipinski definition) is 1. The lowest BCUT2D eigenvalue weighted by atomic mass is 10.0. The number of aryl methyl sites for hydroxylation is 1. The molecule has 0 spiro atoms. The fourth-order valence-electron chi connectivity index (χ4n) is 2.99. The first-order valence-corrected chi connectivity index (χ1v) is 8.26. The van der Waals surface area contributed by atoms with E-state index in [1.807, 2.05) is 31.2 Å². The van der Waals surface area contributed by atoms with Crippen LogP contribution < -0.4 is 5.32 Å². The third kappa shape index (κ3) is 5.36. The van der Waals surface area contributed by atoms with Crippen molar-refractivity contribution in [2.75, 3.05) is 32.5 Å². The van der Waals surface area contributed by atoms with Crippen LogP contribution in [0.1, 0.15) is 31.2 Å². The first-order chi connectivity index (χ1) is 11.0. The van der Waals surface area contributed by atoms with Crippen molar-refractivity contribution in [2.45, 2.75) is 38.6 Å². The quantitative estimate of drug-likeness (QED) is 0.848. The zero-order chi connectivity index (χ0) is 16.8. The fourth-order valence-corrected chi connectivity index (χ4v) is 2.99. The van der Waals surface area contributed by atoms with Crippen LogP contribution in [0.4, 0.5) is 5.69 Å². The van der Waals surface area contributed by atoms with Crippen LogP contribution in [-0.2, 0) is 9.59 Å². The first-order valence-electron chi connectivity index (χ1n) is 8.26. The van der Waals surface area contributed by atoms with Gasteiger partial charge in [-0.05, 0) is 51.1 Å². The Morgan fingerprint density at radius 3 is 2.83 bits per heavy atom. The minimum atomic E-state index is -0.260. The minimum absolute atomic E-state index is 0.110. The highest BCUT2D eigenvalue weighted by Crippen LogP contribution is 2.16. The van der Waals surface area contributed by atoms with Crippen LogP contribution in [0.25, 0.3) is 0 Å². The van der Waals surface area contributed by atoms with Gasteiger partial charge in [0.15, 0.2) is 0 Å². The van der Waals surface area contributed by atoms with Gasteiger partial charge in [-0.25, -0.2) is 0 Å². The molecular formula is C18H27N3O2. The van der Waals surface area contributed by atoms with Gasteiger partial charge in [-0.15, -0.1) is 0 Å². The molecule has 1 unspecified atom stereocenters. The summed E-state index contributed by atoms with van der Waals surface area (Å²) in [5.74, 6) is -0.390. The van der Waals surface area contributed by atoms with Gasteiger partial charge in [0.05, 0.1) is 0 Å². The number of benzene rings is 1. The number of likely N-dealkylation sites (N-methyl/N-ethyl adjacent to an activating group) is 2. The molecule has 0 bridgehead atoms. The molecular weight excluding hydrogens is 290 g/mol. The number of piperidine rings is 1. The van der Waals surface area contributed by atoms with Crippen LogP contribution in [-0.4, -0.2) is 54.8 Å². The summed E-state index contributed by atoms with van der Waals surface area (Å²) in [6.07, 6.45) is 3.44. The van der Waals surface area contributed by atoms with Gasteiger partial charge in [-0.2, -0.15) is 0 Å². The molecule has 1 heterocycles. The second kappa shape index (κ2) is 8.11. The summed E-state index contributed by atoms with van der Waals surface area (Å²) in [6, 6.07) is 7.98. The van der Waals surface area contributed by atoms with E-state index in [0.29, 0.717) is 12.6 Å². The first kappa shape index (κ1) is 17.5. The maximum absolute atomic E-state index is 12.2. The van der Waals surface area contributed by atoms with Crippen molar-refractivity contribution in [1.29, 1.82) is 0 Å². The summed E-state index contributed by atoms with van der Waals surface area (Å²) in [7, 11) is 3.89. The van der Waals surface area contributed by atoms with E-state index in [-0.39, 0.29) is 18.2 Å². The minimum Gasteiger partial charge on any atom is -0.344 e. The summed E-state index contributed by atoms with van der Waals surface area (Å²) in [4.78, 5) is 28.3. The Morgan fingerprint density at radius 2 is 2.13 bits per heavy atom. The van der Waals surface area contributed by atoms with E-state index in [0.717, 1.165) is 24.2 Å². The molecule has 1 saturated heterocycles. The summed E-state index contributed by atoms with van der Waals surface area (Å²) < 4.78 is 0. The zero-order valence-electron chi connectivity index (χ0n) is 14.3. The number of anilines is 1. The van der Waals surface area contributed by atoms with Crippen LogP contribution in [0, 0.1) is 6.92 Å². The molecule has 1 aliphatic heterocycles. The summed E-state index contributed by atoms with van der Waals surface area (Å²) >= 11 is 0. The topological polar surface area (TPSA) is 52.7 Å². The van der Waals surface area contributed by atoms with Crippen molar-refractivity contribution in [1.82, 2.24) is 9.80 Å². The van der Waals surface area contributed by atoms with Crippen molar-refractivity contribution in [3.63, 3.8) is 0 Å². The smallest absolute Gasteiger partial charge is 0.233 e. The van der Waals surface area contributed by atoms with Crippen LogP contribution in [0.3, 0.4) is 0 Å². The van der Waals surface area contributed by atoms with Crippen LogP contribution >= 0.6 is 0 Å². The second-order valence-corrected chi connectivity index (χ2v) is 6.50. The van der Waals surface area contributed by atoms with E-state index in [1.54, 1.807) is 11.9 Å². The Kier molecular flexibility index (Phi) is 6.16. The van der Waals surface area contributed by atoms with Crippen molar-refractivity contribution >= 4 is 17.5 Å². The van der Waals surface area contributed by atoms with Gasteiger partial charge >= 0.3 is 0 Å². The molecule has 126 valence electrons. The molecule has 5 heteroatoms. The summed E-state index contributed by atoms with van der Waals surface area (Å²) in [6.45, 7) is 3.74. The molecule has 0 radical (unpaired) electrons.